The summed E-state index contributed by atoms with van der Waals surface area (Å²) in [6.07, 6.45) is 2.68. The number of aromatic nitrogens is 4. The van der Waals surface area contributed by atoms with E-state index in [4.69, 9.17) is 4.42 Å². The summed E-state index contributed by atoms with van der Waals surface area (Å²) in [5.41, 5.74) is 0. The van der Waals surface area contributed by atoms with Gasteiger partial charge in [0.2, 0.25) is 0 Å². The lowest BCUT2D eigenvalue weighted by molar-refractivity contribution is 0.102. The molecule has 0 aromatic carbocycles. The first-order valence-corrected chi connectivity index (χ1v) is 7.49. The van der Waals surface area contributed by atoms with Gasteiger partial charge >= 0.3 is 0 Å². The second kappa shape index (κ2) is 6.36. The minimum atomic E-state index is 0.267. The van der Waals surface area contributed by atoms with Gasteiger partial charge in [-0.25, -0.2) is 4.68 Å². The van der Waals surface area contributed by atoms with Crippen LogP contribution in [-0.4, -0.2) is 63.2 Å². The Balaban J connectivity index is 1.76. The number of likely N-dealkylation sites (N-methyl/N-ethyl adjacent to an activating group) is 1. The lowest BCUT2D eigenvalue weighted by Crippen LogP contribution is -2.46. The Kier molecular flexibility index (Phi) is 4.31. The summed E-state index contributed by atoms with van der Waals surface area (Å²) in [6, 6.07) is 4.10. The van der Waals surface area contributed by atoms with Gasteiger partial charge in [-0.1, -0.05) is 6.92 Å². The predicted octanol–water partition coefficient (Wildman–Crippen LogP) is 1.01. The number of hydrogen-bond donors (Lipinski definition) is 0. The normalized spacial score (nSPS) is 19.0. The van der Waals surface area contributed by atoms with Crippen LogP contribution in [0.15, 0.2) is 22.8 Å². The summed E-state index contributed by atoms with van der Waals surface area (Å²) >= 11 is 0. The zero-order valence-electron chi connectivity index (χ0n) is 12.6. The second-order valence-electron chi connectivity index (χ2n) is 5.54. The maximum Gasteiger partial charge on any atom is 0.168 e. The van der Waals surface area contributed by atoms with Crippen molar-refractivity contribution in [2.24, 2.45) is 0 Å². The fraction of sp³-hybridized carbons (Fsp3) is 0.643. The van der Waals surface area contributed by atoms with Crippen molar-refractivity contribution in [3.63, 3.8) is 0 Å². The molecule has 114 valence electrons. The minimum absolute atomic E-state index is 0.267. The Morgan fingerprint density at radius 2 is 2.10 bits per heavy atom. The van der Waals surface area contributed by atoms with Gasteiger partial charge in [0, 0.05) is 26.2 Å². The molecule has 2 aromatic rings. The van der Waals surface area contributed by atoms with E-state index >= 15 is 0 Å². The molecule has 1 aliphatic heterocycles. The van der Waals surface area contributed by atoms with E-state index in [9.17, 15) is 0 Å². The molecule has 2 aromatic heterocycles. The fourth-order valence-corrected chi connectivity index (χ4v) is 2.85. The Morgan fingerprint density at radius 3 is 2.76 bits per heavy atom. The largest absolute Gasteiger partial charge is 0.467 e. The summed E-state index contributed by atoms with van der Waals surface area (Å²) in [6.45, 7) is 7.08. The van der Waals surface area contributed by atoms with Crippen molar-refractivity contribution in [3.05, 3.63) is 30.0 Å². The first-order chi connectivity index (χ1) is 10.3. The van der Waals surface area contributed by atoms with Crippen molar-refractivity contribution >= 4 is 0 Å². The van der Waals surface area contributed by atoms with Crippen LogP contribution in [-0.2, 0) is 6.54 Å². The van der Waals surface area contributed by atoms with Gasteiger partial charge in [0.05, 0.1) is 12.3 Å². The van der Waals surface area contributed by atoms with Crippen molar-refractivity contribution in [2.45, 2.75) is 25.9 Å². The smallest absolute Gasteiger partial charge is 0.168 e. The number of piperazine rings is 1. The highest BCUT2D eigenvalue weighted by molar-refractivity contribution is 5.01. The highest BCUT2D eigenvalue weighted by Crippen LogP contribution is 2.23. The molecule has 1 aliphatic rings. The molecular formula is C14H22N6O. The van der Waals surface area contributed by atoms with Crippen molar-refractivity contribution in [3.8, 4) is 0 Å². The van der Waals surface area contributed by atoms with E-state index in [2.05, 4.69) is 39.3 Å². The Hall–Kier alpha value is -1.73. The van der Waals surface area contributed by atoms with Crippen LogP contribution >= 0.6 is 0 Å². The monoisotopic (exact) mass is 290 g/mol. The van der Waals surface area contributed by atoms with Gasteiger partial charge < -0.3 is 9.32 Å². The van der Waals surface area contributed by atoms with Crippen LogP contribution < -0.4 is 0 Å². The molecule has 1 unspecified atom stereocenters. The van der Waals surface area contributed by atoms with Crippen LogP contribution in [0.5, 0.6) is 0 Å². The number of tetrazole rings is 1. The quantitative estimate of drug-likeness (QED) is 0.819. The number of rotatable bonds is 5. The predicted molar refractivity (Wildman–Crippen MR) is 77.7 cm³/mol. The maximum absolute atomic E-state index is 5.40. The van der Waals surface area contributed by atoms with Gasteiger partial charge in [-0.05, 0) is 36.0 Å². The first kappa shape index (κ1) is 14.2. The van der Waals surface area contributed by atoms with Crippen molar-refractivity contribution < 1.29 is 4.42 Å². The highest BCUT2D eigenvalue weighted by Gasteiger charge is 2.27. The topological polar surface area (TPSA) is 63.2 Å². The molecular weight excluding hydrogens is 268 g/mol. The maximum atomic E-state index is 5.40. The summed E-state index contributed by atoms with van der Waals surface area (Å²) < 4.78 is 7.25. The molecule has 0 N–H and O–H groups in total. The SMILES string of the molecule is CCC(c1nnnn1Cc1ccco1)N1CCN(C)CC1. The molecule has 0 aliphatic carbocycles. The summed E-state index contributed by atoms with van der Waals surface area (Å²) in [4.78, 5) is 4.83. The van der Waals surface area contributed by atoms with Crippen molar-refractivity contribution in [1.29, 1.82) is 0 Å². The molecule has 21 heavy (non-hydrogen) atoms. The lowest BCUT2D eigenvalue weighted by atomic mass is 10.1. The van der Waals surface area contributed by atoms with Crippen LogP contribution in [0.1, 0.15) is 31.0 Å². The summed E-state index contributed by atoms with van der Waals surface area (Å²) in [7, 11) is 2.17. The minimum Gasteiger partial charge on any atom is -0.467 e. The molecule has 1 fully saturated rings. The fourth-order valence-electron chi connectivity index (χ4n) is 2.85. The second-order valence-corrected chi connectivity index (χ2v) is 5.54. The molecule has 0 spiro atoms. The molecule has 7 nitrogen and oxygen atoms in total. The Labute approximate surface area is 124 Å². The summed E-state index contributed by atoms with van der Waals surface area (Å²) in [5, 5.41) is 12.3. The average Bonchev–Trinajstić information content (AvgIpc) is 3.15. The van der Waals surface area contributed by atoms with E-state index in [1.807, 2.05) is 16.8 Å². The third-order valence-corrected chi connectivity index (χ3v) is 4.11. The van der Waals surface area contributed by atoms with Crippen molar-refractivity contribution in [1.82, 2.24) is 30.0 Å². The zero-order valence-corrected chi connectivity index (χ0v) is 12.6. The van der Waals surface area contributed by atoms with Crippen LogP contribution in [0.3, 0.4) is 0 Å². The standard InChI is InChI=1S/C14H22N6O/c1-3-13(19-8-6-18(2)7-9-19)14-15-16-17-20(14)11-12-5-4-10-21-12/h4-5,10,13H,3,6-9,11H2,1-2H3. The molecule has 0 saturated carbocycles. The highest BCUT2D eigenvalue weighted by atomic mass is 16.3. The number of furan rings is 1. The summed E-state index contributed by atoms with van der Waals surface area (Å²) in [5.74, 6) is 1.80. The Morgan fingerprint density at radius 1 is 1.29 bits per heavy atom. The van der Waals surface area contributed by atoms with Gasteiger partial charge in [-0.2, -0.15) is 0 Å². The van der Waals surface area contributed by atoms with E-state index < -0.39 is 0 Å². The third kappa shape index (κ3) is 3.14. The van der Waals surface area contributed by atoms with E-state index in [-0.39, 0.29) is 6.04 Å². The van der Waals surface area contributed by atoms with E-state index in [0.717, 1.165) is 44.2 Å². The van der Waals surface area contributed by atoms with Crippen LogP contribution in [0.25, 0.3) is 0 Å². The van der Waals surface area contributed by atoms with Gasteiger partial charge in [0.1, 0.15) is 12.3 Å². The van der Waals surface area contributed by atoms with Gasteiger partial charge in [0.25, 0.3) is 0 Å². The number of nitrogens with zero attached hydrogens (tertiary/aromatic N) is 6. The van der Waals surface area contributed by atoms with Crippen molar-refractivity contribution in [2.75, 3.05) is 33.2 Å². The average molecular weight is 290 g/mol. The van der Waals surface area contributed by atoms with Crippen LogP contribution in [0.2, 0.25) is 0 Å². The van der Waals surface area contributed by atoms with E-state index in [1.54, 1.807) is 6.26 Å². The third-order valence-electron chi connectivity index (χ3n) is 4.11. The number of hydrogen-bond acceptors (Lipinski definition) is 6. The van der Waals surface area contributed by atoms with E-state index in [1.165, 1.54) is 0 Å². The Bertz CT molecular complexity index is 544. The molecule has 0 amide bonds. The molecule has 3 heterocycles. The van der Waals surface area contributed by atoms with Gasteiger partial charge in [-0.15, -0.1) is 5.10 Å². The van der Waals surface area contributed by atoms with Gasteiger partial charge in [0.15, 0.2) is 5.82 Å². The molecule has 0 bridgehead atoms. The molecule has 7 heteroatoms. The van der Waals surface area contributed by atoms with Crippen LogP contribution in [0, 0.1) is 0 Å². The van der Waals surface area contributed by atoms with E-state index in [0.29, 0.717) is 6.54 Å². The zero-order chi connectivity index (χ0) is 14.7. The van der Waals surface area contributed by atoms with Gasteiger partial charge in [-0.3, -0.25) is 4.90 Å². The lowest BCUT2D eigenvalue weighted by Gasteiger charge is -2.36. The van der Waals surface area contributed by atoms with Crippen LogP contribution in [0.4, 0.5) is 0 Å². The molecule has 0 radical (unpaired) electrons. The first-order valence-electron chi connectivity index (χ1n) is 7.49. The molecule has 3 rings (SSSR count). The molecule has 1 saturated heterocycles. The molecule has 1 atom stereocenters.